The van der Waals surface area contributed by atoms with Crippen LogP contribution in [0.5, 0.6) is 0 Å². The van der Waals surface area contributed by atoms with Gasteiger partial charge < -0.3 is 19.2 Å². The van der Waals surface area contributed by atoms with Crippen molar-refractivity contribution < 1.29 is 24.0 Å². The molecule has 2 aromatic rings. The molecule has 0 fully saturated rings. The van der Waals surface area contributed by atoms with Gasteiger partial charge in [-0.1, -0.05) is 12.1 Å². The number of fused-ring (bicyclic) bond motifs is 1. The van der Waals surface area contributed by atoms with Crippen LogP contribution < -0.4 is 5.46 Å². The second-order valence-corrected chi connectivity index (χ2v) is 3.31. The Hall–Kier alpha value is -1.86. The molecular weight excluding hydrogens is 225 g/mol. The van der Waals surface area contributed by atoms with Crippen molar-refractivity contribution in [2.24, 2.45) is 0 Å². The largest absolute Gasteiger partial charge is 0.490 e. The highest BCUT2D eigenvalue weighted by atomic mass is 16.5. The summed E-state index contributed by atoms with van der Waals surface area (Å²) >= 11 is 0. The van der Waals surface area contributed by atoms with E-state index in [1.54, 1.807) is 19.1 Å². The first-order valence-electron chi connectivity index (χ1n) is 5.06. The first-order valence-corrected chi connectivity index (χ1v) is 5.06. The van der Waals surface area contributed by atoms with Crippen molar-refractivity contribution in [1.29, 1.82) is 0 Å². The second-order valence-electron chi connectivity index (χ2n) is 3.31. The molecule has 0 bridgehead atoms. The lowest BCUT2D eigenvalue weighted by Gasteiger charge is -1.97. The van der Waals surface area contributed by atoms with Crippen LogP contribution >= 0.6 is 0 Å². The zero-order valence-electron chi connectivity index (χ0n) is 9.08. The minimum atomic E-state index is -1.67. The third kappa shape index (κ3) is 2.15. The Morgan fingerprint density at radius 2 is 2.29 bits per heavy atom. The number of hydrogen-bond acceptors (Lipinski definition) is 6. The van der Waals surface area contributed by atoms with Crippen molar-refractivity contribution in [2.75, 3.05) is 6.61 Å². The normalized spacial score (nSPS) is 10.5. The van der Waals surface area contributed by atoms with Crippen LogP contribution in [0.4, 0.5) is 0 Å². The summed E-state index contributed by atoms with van der Waals surface area (Å²) in [4.78, 5) is 15.3. The predicted molar refractivity (Wildman–Crippen MR) is 59.8 cm³/mol. The van der Waals surface area contributed by atoms with E-state index in [0.29, 0.717) is 5.58 Å². The topological polar surface area (TPSA) is 92.8 Å². The third-order valence-electron chi connectivity index (χ3n) is 2.18. The standard InChI is InChI=1S/C10H10BNO5/c1-2-16-10(13)9-12-8-6(11(14)15)4-3-5-7(8)17-9/h3-5,14-15H,2H2,1H3. The molecule has 1 aromatic heterocycles. The van der Waals surface area contributed by atoms with Gasteiger partial charge in [0.2, 0.25) is 0 Å². The summed E-state index contributed by atoms with van der Waals surface area (Å²) in [6.45, 7) is 1.89. The number of para-hydroxylation sites is 1. The van der Waals surface area contributed by atoms with Crippen LogP contribution in [0.3, 0.4) is 0 Å². The molecule has 0 amide bonds. The Bertz CT molecular complexity index is 551. The Kier molecular flexibility index (Phi) is 3.12. The summed E-state index contributed by atoms with van der Waals surface area (Å²) in [5.74, 6) is -0.878. The maximum Gasteiger partial charge on any atom is 0.490 e. The van der Waals surface area contributed by atoms with Gasteiger partial charge in [-0.3, -0.25) is 0 Å². The molecule has 0 saturated heterocycles. The molecule has 0 spiro atoms. The van der Waals surface area contributed by atoms with Crippen molar-refractivity contribution in [1.82, 2.24) is 4.98 Å². The maximum absolute atomic E-state index is 11.4. The molecular formula is C10H10BNO5. The average molecular weight is 235 g/mol. The molecule has 0 aliphatic heterocycles. The summed E-state index contributed by atoms with van der Waals surface area (Å²) in [6, 6.07) is 4.65. The Balaban J connectivity index is 2.50. The number of carbonyl (C=O) groups is 1. The fraction of sp³-hybridized carbons (Fsp3) is 0.200. The van der Waals surface area contributed by atoms with E-state index in [1.165, 1.54) is 6.07 Å². The molecule has 88 valence electrons. The van der Waals surface area contributed by atoms with E-state index < -0.39 is 13.1 Å². The SMILES string of the molecule is CCOC(=O)c1nc2c(B(O)O)cccc2o1. The van der Waals surface area contributed by atoms with Gasteiger partial charge >= 0.3 is 19.0 Å². The molecule has 17 heavy (non-hydrogen) atoms. The van der Waals surface area contributed by atoms with E-state index in [0.717, 1.165) is 0 Å². The number of carbonyl (C=O) groups excluding carboxylic acids is 1. The second kappa shape index (κ2) is 4.56. The molecule has 0 aliphatic rings. The monoisotopic (exact) mass is 235 g/mol. The van der Waals surface area contributed by atoms with Gasteiger partial charge in [-0.05, 0) is 13.0 Å². The Morgan fingerprint density at radius 3 is 2.94 bits per heavy atom. The summed E-state index contributed by atoms with van der Waals surface area (Å²) in [5, 5.41) is 18.3. The molecule has 0 atom stereocenters. The number of benzene rings is 1. The Morgan fingerprint density at radius 1 is 1.53 bits per heavy atom. The number of nitrogens with zero attached hydrogens (tertiary/aromatic N) is 1. The van der Waals surface area contributed by atoms with Crippen molar-refractivity contribution >= 4 is 29.7 Å². The lowest BCUT2D eigenvalue weighted by atomic mass is 9.79. The number of esters is 1. The van der Waals surface area contributed by atoms with Crippen LogP contribution in [-0.4, -0.2) is 34.7 Å². The predicted octanol–water partition coefficient (Wildman–Crippen LogP) is -0.316. The molecule has 1 aromatic carbocycles. The van der Waals surface area contributed by atoms with Crippen LogP contribution in [0.2, 0.25) is 0 Å². The molecule has 0 radical (unpaired) electrons. The van der Waals surface area contributed by atoms with E-state index in [2.05, 4.69) is 4.98 Å². The lowest BCUT2D eigenvalue weighted by Crippen LogP contribution is -2.30. The maximum atomic E-state index is 11.4. The number of hydrogen-bond donors (Lipinski definition) is 2. The van der Waals surface area contributed by atoms with Gasteiger partial charge in [0.05, 0.1) is 6.61 Å². The minimum Gasteiger partial charge on any atom is -0.459 e. The molecule has 2 rings (SSSR count). The van der Waals surface area contributed by atoms with Crippen molar-refractivity contribution in [2.45, 2.75) is 6.92 Å². The van der Waals surface area contributed by atoms with Gasteiger partial charge in [0.1, 0.15) is 5.52 Å². The quantitative estimate of drug-likeness (QED) is 0.559. The van der Waals surface area contributed by atoms with Gasteiger partial charge in [0.15, 0.2) is 5.58 Å². The fourth-order valence-electron chi connectivity index (χ4n) is 1.46. The van der Waals surface area contributed by atoms with Crippen LogP contribution in [-0.2, 0) is 4.74 Å². The van der Waals surface area contributed by atoms with Crippen LogP contribution in [0.25, 0.3) is 11.1 Å². The lowest BCUT2D eigenvalue weighted by molar-refractivity contribution is 0.0483. The van der Waals surface area contributed by atoms with Crippen molar-refractivity contribution in [3.8, 4) is 0 Å². The zero-order valence-corrected chi connectivity index (χ0v) is 9.08. The minimum absolute atomic E-state index is 0.182. The summed E-state index contributed by atoms with van der Waals surface area (Å²) in [7, 11) is -1.67. The number of oxazole rings is 1. The number of rotatable bonds is 3. The number of ether oxygens (including phenoxy) is 1. The van der Waals surface area contributed by atoms with Gasteiger partial charge in [-0.2, -0.15) is 0 Å². The van der Waals surface area contributed by atoms with Crippen LogP contribution in [0, 0.1) is 0 Å². The van der Waals surface area contributed by atoms with Gasteiger partial charge in [-0.15, -0.1) is 0 Å². The molecule has 0 unspecified atom stereocenters. The van der Waals surface area contributed by atoms with E-state index in [4.69, 9.17) is 19.2 Å². The zero-order chi connectivity index (χ0) is 12.4. The van der Waals surface area contributed by atoms with Crippen LogP contribution in [0.1, 0.15) is 17.6 Å². The van der Waals surface area contributed by atoms with Gasteiger partial charge in [0.25, 0.3) is 0 Å². The first-order chi connectivity index (χ1) is 8.13. The van der Waals surface area contributed by atoms with E-state index >= 15 is 0 Å². The average Bonchev–Trinajstić information content (AvgIpc) is 2.72. The summed E-state index contributed by atoms with van der Waals surface area (Å²) < 4.78 is 9.90. The smallest absolute Gasteiger partial charge is 0.459 e. The fourth-order valence-corrected chi connectivity index (χ4v) is 1.46. The van der Waals surface area contributed by atoms with E-state index in [1.807, 2.05) is 0 Å². The molecule has 1 heterocycles. The van der Waals surface area contributed by atoms with Gasteiger partial charge in [0, 0.05) is 5.46 Å². The highest BCUT2D eigenvalue weighted by Gasteiger charge is 2.21. The number of aromatic nitrogens is 1. The molecule has 0 saturated carbocycles. The summed E-state index contributed by atoms with van der Waals surface area (Å²) in [6.07, 6.45) is 0. The molecule has 0 aliphatic carbocycles. The van der Waals surface area contributed by atoms with E-state index in [9.17, 15) is 4.79 Å². The first kappa shape index (κ1) is 11.6. The van der Waals surface area contributed by atoms with E-state index in [-0.39, 0.29) is 23.5 Å². The highest BCUT2D eigenvalue weighted by molar-refractivity contribution is 6.61. The van der Waals surface area contributed by atoms with Crippen molar-refractivity contribution in [3.05, 3.63) is 24.1 Å². The van der Waals surface area contributed by atoms with Gasteiger partial charge in [-0.25, -0.2) is 9.78 Å². The highest BCUT2D eigenvalue weighted by Crippen LogP contribution is 2.14. The Labute approximate surface area is 97.0 Å². The third-order valence-corrected chi connectivity index (χ3v) is 2.18. The molecule has 2 N–H and O–H groups in total. The van der Waals surface area contributed by atoms with Crippen LogP contribution in [0.15, 0.2) is 22.6 Å². The summed E-state index contributed by atoms with van der Waals surface area (Å²) in [5.41, 5.74) is 0.728. The molecule has 7 heteroatoms. The van der Waals surface area contributed by atoms with Crippen molar-refractivity contribution in [3.63, 3.8) is 0 Å². The molecule has 6 nitrogen and oxygen atoms in total.